The van der Waals surface area contributed by atoms with Crippen LogP contribution >= 0.6 is 0 Å². The van der Waals surface area contributed by atoms with Gasteiger partial charge in [0.05, 0.1) is 0 Å². The third-order valence-electron chi connectivity index (χ3n) is 1.42. The first-order valence-corrected chi connectivity index (χ1v) is 6.89. The molecule has 15 heavy (non-hydrogen) atoms. The molecule has 6 heteroatoms. The zero-order chi connectivity index (χ0) is 12.7. The van der Waals surface area contributed by atoms with Gasteiger partial charge in [-0.1, -0.05) is 6.92 Å². The van der Waals surface area contributed by atoms with Crippen LogP contribution in [-0.2, 0) is 32.8 Å². The zero-order valence-electron chi connectivity index (χ0n) is 10.0. The maximum absolute atomic E-state index is 7.94. The van der Waals surface area contributed by atoms with E-state index in [2.05, 4.69) is 29.5 Å². The third-order valence-corrected chi connectivity index (χ3v) is 4.25. The van der Waals surface area contributed by atoms with E-state index in [0.29, 0.717) is 0 Å². The van der Waals surface area contributed by atoms with Gasteiger partial charge in [-0.3, -0.25) is 0 Å². The first-order chi connectivity index (χ1) is 7.16. The molecule has 0 amide bonds. The van der Waals surface area contributed by atoms with E-state index < -0.39 is 8.80 Å². The molecule has 4 nitrogen and oxygen atoms in total. The van der Waals surface area contributed by atoms with Crippen LogP contribution < -0.4 is 0 Å². The first-order valence-electron chi connectivity index (χ1n) is 4.53. The van der Waals surface area contributed by atoms with E-state index in [0.717, 1.165) is 18.9 Å². The zero-order valence-corrected chi connectivity index (χ0v) is 12.0. The predicted molar refractivity (Wildman–Crippen MR) is 57.9 cm³/mol. The molecule has 0 saturated heterocycles. The van der Waals surface area contributed by atoms with Crippen molar-refractivity contribution in [3.05, 3.63) is 13.8 Å². The van der Waals surface area contributed by atoms with Crippen molar-refractivity contribution < 1.29 is 32.8 Å². The monoisotopic (exact) mass is 281 g/mol. The Hall–Kier alpha value is 0.403. The summed E-state index contributed by atoms with van der Waals surface area (Å²) in [6.07, 6.45) is 1.78. The summed E-state index contributed by atoms with van der Waals surface area (Å²) in [5.41, 5.74) is 0. The summed E-state index contributed by atoms with van der Waals surface area (Å²) in [5.74, 6) is 0. The Labute approximate surface area is 103 Å². The van der Waals surface area contributed by atoms with Crippen molar-refractivity contribution in [2.45, 2.75) is 25.8 Å². The van der Waals surface area contributed by atoms with Gasteiger partial charge in [0.1, 0.15) is 0 Å². The molecule has 0 aliphatic heterocycles. The van der Waals surface area contributed by atoms with Crippen molar-refractivity contribution in [1.82, 2.24) is 0 Å². The molecular formula is C9H22CoO4Si-2. The average Bonchev–Trinajstić information content (AvgIpc) is 2.30. The van der Waals surface area contributed by atoms with Gasteiger partial charge in [0, 0.05) is 21.3 Å². The summed E-state index contributed by atoms with van der Waals surface area (Å²) in [7, 11) is 2.54. The molecule has 0 aliphatic carbocycles. The molecule has 0 spiro atoms. The normalized spacial score (nSPS) is 9.53. The molecule has 0 unspecified atom stereocenters. The van der Waals surface area contributed by atoms with Gasteiger partial charge in [0.15, 0.2) is 0 Å². The predicted octanol–water partition coefficient (Wildman–Crippen LogP) is 2.20. The molecule has 0 radical (unpaired) electrons. The summed E-state index contributed by atoms with van der Waals surface area (Å²) in [4.78, 5) is 0. The second-order valence-corrected chi connectivity index (χ2v) is 5.49. The molecule has 0 fully saturated rings. The molecule has 0 aromatic rings. The second kappa shape index (κ2) is 16.8. The maximum atomic E-state index is 7.94. The fourth-order valence-corrected chi connectivity index (χ4v) is 2.32. The van der Waals surface area contributed by atoms with E-state index in [1.165, 1.54) is 0 Å². The van der Waals surface area contributed by atoms with E-state index >= 15 is 0 Å². The van der Waals surface area contributed by atoms with Crippen molar-refractivity contribution in [2.24, 2.45) is 0 Å². The van der Waals surface area contributed by atoms with Crippen LogP contribution in [0.5, 0.6) is 0 Å². The van der Waals surface area contributed by atoms with Gasteiger partial charge >= 0.3 is 28.3 Å². The van der Waals surface area contributed by atoms with Crippen molar-refractivity contribution >= 4 is 8.80 Å². The fourth-order valence-electron chi connectivity index (χ4n) is 0.773. The van der Waals surface area contributed by atoms with Crippen LogP contribution in [-0.4, -0.2) is 30.1 Å². The summed E-state index contributed by atoms with van der Waals surface area (Å²) in [6.45, 7) is 9.21. The van der Waals surface area contributed by atoms with Gasteiger partial charge in [-0.05, 0) is 6.04 Å². The van der Waals surface area contributed by atoms with Crippen molar-refractivity contribution in [1.29, 1.82) is 0 Å². The van der Waals surface area contributed by atoms with Crippen LogP contribution in [0.2, 0.25) is 6.04 Å². The third kappa shape index (κ3) is 12.3. The van der Waals surface area contributed by atoms with Crippen LogP contribution in [0.25, 0.3) is 0 Å². The van der Waals surface area contributed by atoms with Crippen LogP contribution in [0.4, 0.5) is 0 Å². The Morgan fingerprint density at radius 1 is 1.07 bits per heavy atom. The Bertz CT molecular complexity index is 104. The van der Waals surface area contributed by atoms with Crippen LogP contribution in [0, 0.1) is 13.8 Å². The summed E-state index contributed by atoms with van der Waals surface area (Å²) >= 11 is 2.31. The molecule has 0 aromatic carbocycles. The molecule has 0 N–H and O–H groups in total. The van der Waals surface area contributed by atoms with Crippen LogP contribution in [0.1, 0.15) is 19.8 Å². The Morgan fingerprint density at radius 2 is 1.33 bits per heavy atom. The van der Waals surface area contributed by atoms with Crippen LogP contribution in [0.3, 0.4) is 0 Å². The Morgan fingerprint density at radius 3 is 1.40 bits per heavy atom. The van der Waals surface area contributed by atoms with E-state index in [1.54, 1.807) is 21.3 Å². The minimum absolute atomic E-state index is 0.774. The van der Waals surface area contributed by atoms with E-state index in [1.807, 2.05) is 6.92 Å². The van der Waals surface area contributed by atoms with Gasteiger partial charge in [0.2, 0.25) is 0 Å². The second-order valence-electron chi connectivity index (χ2n) is 2.40. The molecule has 0 atom stereocenters. The van der Waals surface area contributed by atoms with Gasteiger partial charge < -0.3 is 27.1 Å². The number of rotatable bonds is 5. The van der Waals surface area contributed by atoms with E-state index in [4.69, 9.17) is 17.1 Å². The molecule has 0 bridgehead atoms. The average molecular weight is 281 g/mol. The van der Waals surface area contributed by atoms with Gasteiger partial charge in [0.25, 0.3) is 0 Å². The topological polar surface area (TPSA) is 44.8 Å². The van der Waals surface area contributed by atoms with Gasteiger partial charge in [-0.15, -0.1) is 0 Å². The molecule has 97 valence electrons. The fraction of sp³-hybridized carbons (Fsp3) is 0.778. The quantitative estimate of drug-likeness (QED) is 0.572. The summed E-state index contributed by atoms with van der Waals surface area (Å²) < 4.78 is 23.3. The molecule has 0 aliphatic rings. The van der Waals surface area contributed by atoms with Gasteiger partial charge in [-0.25, -0.2) is 0 Å². The molecule has 0 aromatic heterocycles. The van der Waals surface area contributed by atoms with Gasteiger partial charge in [-0.2, -0.15) is 12.8 Å². The van der Waals surface area contributed by atoms with Crippen molar-refractivity contribution in [2.75, 3.05) is 21.3 Å². The van der Waals surface area contributed by atoms with E-state index in [9.17, 15) is 0 Å². The molecule has 0 heterocycles. The first kappa shape index (κ1) is 20.8. The Balaban J connectivity index is -0.000000245. The molecule has 0 rings (SSSR count). The number of hydrogen-bond acceptors (Lipinski definition) is 4. The standard InChI is InChI=1S/C6H15O3Si.C3H7.Co.O/c1-5-6-10(7-2,8-3)9-4;1-3-2;;/h1,5-6H2,2-4H3;1,3H2,2H3;;/q2*-1;;. The SMILES string of the molecule is [CH2-]CC.[CH2-]CC[Si](OC)(OC)OC.[O]=[Co]. The summed E-state index contributed by atoms with van der Waals surface area (Å²) in [5, 5.41) is 0. The van der Waals surface area contributed by atoms with E-state index in [-0.39, 0.29) is 0 Å². The van der Waals surface area contributed by atoms with Crippen molar-refractivity contribution in [3.8, 4) is 0 Å². The Kier molecular flexibility index (Phi) is 23.3. The summed E-state index contributed by atoms with van der Waals surface area (Å²) in [6, 6.07) is 0.774. The molecule has 0 saturated carbocycles. The number of hydrogen-bond donors (Lipinski definition) is 0. The van der Waals surface area contributed by atoms with Crippen LogP contribution in [0.15, 0.2) is 0 Å². The van der Waals surface area contributed by atoms with Crippen molar-refractivity contribution in [3.63, 3.8) is 0 Å². The minimum atomic E-state index is -2.28. The molecular weight excluding hydrogens is 259 g/mol.